The van der Waals surface area contributed by atoms with Crippen LogP contribution in [-0.4, -0.2) is 40.1 Å². The summed E-state index contributed by atoms with van der Waals surface area (Å²) in [6.45, 7) is 0.00544. The number of halogens is 1. The maximum absolute atomic E-state index is 12.5. The highest BCUT2D eigenvalue weighted by Gasteiger charge is 2.26. The van der Waals surface area contributed by atoms with E-state index in [9.17, 15) is 13.2 Å². The molecule has 9 heteroatoms. The number of methoxy groups -OCH3 is 1. The van der Waals surface area contributed by atoms with Crippen molar-refractivity contribution >= 4 is 27.6 Å². The molecule has 0 N–H and O–H groups in total. The molecule has 0 aromatic heterocycles. The molecule has 0 fully saturated rings. The minimum Gasteiger partial charge on any atom is -0.495 e. The Morgan fingerprint density at radius 1 is 1.15 bits per heavy atom. The summed E-state index contributed by atoms with van der Waals surface area (Å²) < 4.78 is 35.9. The Bertz CT molecular complexity index is 900. The SMILES string of the molecule is COc1ccc(C(=O)OCc2cccc(Cl)c2)cc1S(=O)(=O)N(C)OC. The molecule has 26 heavy (non-hydrogen) atoms. The van der Waals surface area contributed by atoms with Gasteiger partial charge < -0.3 is 9.47 Å². The fraction of sp³-hybridized carbons (Fsp3) is 0.235. The minimum atomic E-state index is -4.00. The number of sulfonamides is 1. The standard InChI is InChI=1S/C17H18ClNO6S/c1-19(24-3)26(21,22)16-10-13(7-8-15(16)23-2)17(20)25-11-12-5-4-6-14(18)9-12/h4-10H,11H2,1-3H3. The van der Waals surface area contributed by atoms with Gasteiger partial charge in [-0.05, 0) is 35.9 Å². The summed E-state index contributed by atoms with van der Waals surface area (Å²) in [7, 11) is -0.218. The molecule has 0 aliphatic rings. The normalized spacial score (nSPS) is 11.4. The highest BCUT2D eigenvalue weighted by molar-refractivity contribution is 7.89. The Morgan fingerprint density at radius 3 is 2.50 bits per heavy atom. The van der Waals surface area contributed by atoms with Gasteiger partial charge in [-0.1, -0.05) is 28.2 Å². The van der Waals surface area contributed by atoms with Gasteiger partial charge in [-0.15, -0.1) is 0 Å². The van der Waals surface area contributed by atoms with Crippen LogP contribution in [0.15, 0.2) is 47.4 Å². The lowest BCUT2D eigenvalue weighted by atomic mass is 10.2. The minimum absolute atomic E-state index is 0.00544. The smallest absolute Gasteiger partial charge is 0.338 e. The summed E-state index contributed by atoms with van der Waals surface area (Å²) >= 11 is 5.89. The van der Waals surface area contributed by atoms with Crippen molar-refractivity contribution in [1.82, 2.24) is 4.47 Å². The predicted molar refractivity (Wildman–Crippen MR) is 95.5 cm³/mol. The van der Waals surface area contributed by atoms with Gasteiger partial charge in [0, 0.05) is 12.1 Å². The van der Waals surface area contributed by atoms with Crippen molar-refractivity contribution in [2.75, 3.05) is 21.3 Å². The van der Waals surface area contributed by atoms with Crippen LogP contribution in [0.3, 0.4) is 0 Å². The molecular formula is C17H18ClNO6S. The number of hydroxylamine groups is 1. The summed E-state index contributed by atoms with van der Waals surface area (Å²) in [5, 5.41) is 0.527. The van der Waals surface area contributed by atoms with Gasteiger partial charge in [0.15, 0.2) is 0 Å². The molecule has 7 nitrogen and oxygen atoms in total. The number of ether oxygens (including phenoxy) is 2. The van der Waals surface area contributed by atoms with E-state index in [4.69, 9.17) is 25.9 Å². The van der Waals surface area contributed by atoms with Gasteiger partial charge in [0.2, 0.25) is 0 Å². The van der Waals surface area contributed by atoms with E-state index in [0.717, 1.165) is 0 Å². The third-order valence-corrected chi connectivity index (χ3v) is 5.47. The molecule has 0 amide bonds. The second-order valence-corrected chi connectivity index (χ2v) is 7.51. The summed E-state index contributed by atoms with van der Waals surface area (Å²) in [5.74, 6) is -0.593. The lowest BCUT2D eigenvalue weighted by Gasteiger charge is -2.17. The molecule has 0 aliphatic carbocycles. The van der Waals surface area contributed by atoms with Gasteiger partial charge in [0.1, 0.15) is 17.3 Å². The molecule has 0 radical (unpaired) electrons. The number of hydrogen-bond donors (Lipinski definition) is 0. The third kappa shape index (κ3) is 4.53. The molecule has 0 spiro atoms. The molecule has 0 bridgehead atoms. The number of hydrogen-bond acceptors (Lipinski definition) is 6. The van der Waals surface area contributed by atoms with Crippen LogP contribution >= 0.6 is 11.6 Å². The molecule has 0 saturated heterocycles. The lowest BCUT2D eigenvalue weighted by Crippen LogP contribution is -2.26. The predicted octanol–water partition coefficient (Wildman–Crippen LogP) is 2.89. The maximum Gasteiger partial charge on any atom is 0.338 e. The maximum atomic E-state index is 12.5. The van der Waals surface area contributed by atoms with Crippen LogP contribution < -0.4 is 4.74 Å². The molecule has 0 aliphatic heterocycles. The van der Waals surface area contributed by atoms with Crippen LogP contribution in [0.2, 0.25) is 5.02 Å². The first-order chi connectivity index (χ1) is 12.3. The van der Waals surface area contributed by atoms with Crippen LogP contribution in [0.5, 0.6) is 5.75 Å². The Balaban J connectivity index is 2.27. The van der Waals surface area contributed by atoms with E-state index in [1.165, 1.54) is 39.5 Å². The average Bonchev–Trinajstić information content (AvgIpc) is 2.64. The van der Waals surface area contributed by atoms with Crippen LogP contribution in [0.25, 0.3) is 0 Å². The molecule has 2 aromatic rings. The van der Waals surface area contributed by atoms with Crippen molar-refractivity contribution in [3.05, 3.63) is 58.6 Å². The van der Waals surface area contributed by atoms with Crippen molar-refractivity contribution in [2.45, 2.75) is 11.5 Å². The first-order valence-corrected chi connectivity index (χ1v) is 9.24. The average molecular weight is 400 g/mol. The van der Waals surface area contributed by atoms with Crippen molar-refractivity contribution < 1.29 is 27.5 Å². The summed E-state index contributed by atoms with van der Waals surface area (Å²) in [5.41, 5.74) is 0.780. The van der Waals surface area contributed by atoms with Crippen molar-refractivity contribution in [3.63, 3.8) is 0 Å². The highest BCUT2D eigenvalue weighted by Crippen LogP contribution is 2.27. The van der Waals surface area contributed by atoms with E-state index in [-0.39, 0.29) is 22.8 Å². The van der Waals surface area contributed by atoms with Gasteiger partial charge in [-0.2, -0.15) is 0 Å². The molecule has 140 valence electrons. The third-order valence-electron chi connectivity index (χ3n) is 3.53. The van der Waals surface area contributed by atoms with E-state index in [1.54, 1.807) is 24.3 Å². The largest absolute Gasteiger partial charge is 0.495 e. The van der Waals surface area contributed by atoms with Crippen molar-refractivity contribution in [1.29, 1.82) is 0 Å². The molecule has 0 unspecified atom stereocenters. The van der Waals surface area contributed by atoms with Gasteiger partial charge in [-0.3, -0.25) is 4.84 Å². The Hall–Kier alpha value is -2.13. The molecule has 2 aromatic carbocycles. The zero-order chi connectivity index (χ0) is 19.3. The first kappa shape index (κ1) is 20.2. The van der Waals surface area contributed by atoms with E-state index in [2.05, 4.69) is 0 Å². The fourth-order valence-electron chi connectivity index (χ4n) is 2.10. The molecular weight excluding hydrogens is 382 g/mol. The highest BCUT2D eigenvalue weighted by atomic mass is 35.5. The summed E-state index contributed by atoms with van der Waals surface area (Å²) in [6.07, 6.45) is 0. The summed E-state index contributed by atoms with van der Waals surface area (Å²) in [4.78, 5) is 16.8. The molecule has 0 saturated carbocycles. The van der Waals surface area contributed by atoms with Gasteiger partial charge in [0.05, 0.1) is 19.8 Å². The quantitative estimate of drug-likeness (QED) is 0.526. The zero-order valence-electron chi connectivity index (χ0n) is 14.4. The van der Waals surface area contributed by atoms with Crippen LogP contribution in [0.4, 0.5) is 0 Å². The summed E-state index contributed by atoms with van der Waals surface area (Å²) in [6, 6.07) is 10.9. The molecule has 0 heterocycles. The van der Waals surface area contributed by atoms with E-state index in [0.29, 0.717) is 15.1 Å². The van der Waals surface area contributed by atoms with Crippen LogP contribution in [0, 0.1) is 0 Å². The van der Waals surface area contributed by atoms with E-state index in [1.807, 2.05) is 0 Å². The number of benzene rings is 2. The number of rotatable bonds is 7. The van der Waals surface area contributed by atoms with Gasteiger partial charge in [-0.25, -0.2) is 13.2 Å². The number of carbonyl (C=O) groups excluding carboxylic acids is 1. The zero-order valence-corrected chi connectivity index (χ0v) is 16.0. The lowest BCUT2D eigenvalue weighted by molar-refractivity contribution is -0.0259. The Labute approximate surface area is 157 Å². The molecule has 0 atom stereocenters. The van der Waals surface area contributed by atoms with E-state index >= 15 is 0 Å². The topological polar surface area (TPSA) is 82.1 Å². The monoisotopic (exact) mass is 399 g/mol. The second kappa shape index (κ2) is 8.50. The Kier molecular flexibility index (Phi) is 6.60. The van der Waals surface area contributed by atoms with Crippen molar-refractivity contribution in [2.24, 2.45) is 0 Å². The number of esters is 1. The van der Waals surface area contributed by atoms with Gasteiger partial charge >= 0.3 is 5.97 Å². The van der Waals surface area contributed by atoms with Crippen molar-refractivity contribution in [3.8, 4) is 5.75 Å². The second-order valence-electron chi connectivity index (χ2n) is 5.17. The van der Waals surface area contributed by atoms with Gasteiger partial charge in [0.25, 0.3) is 10.0 Å². The number of carbonyl (C=O) groups is 1. The number of nitrogens with zero attached hydrogens (tertiary/aromatic N) is 1. The van der Waals surface area contributed by atoms with Crippen LogP contribution in [-0.2, 0) is 26.2 Å². The van der Waals surface area contributed by atoms with Crippen LogP contribution in [0.1, 0.15) is 15.9 Å². The first-order valence-electron chi connectivity index (χ1n) is 7.42. The molecule has 2 rings (SSSR count). The fourth-order valence-corrected chi connectivity index (χ4v) is 3.47. The Morgan fingerprint density at radius 2 is 1.88 bits per heavy atom. The van der Waals surface area contributed by atoms with E-state index < -0.39 is 16.0 Å².